The van der Waals surface area contributed by atoms with Crippen molar-refractivity contribution in [2.24, 2.45) is 0 Å². The molecule has 5 heteroatoms. The predicted molar refractivity (Wildman–Crippen MR) is 57.2 cm³/mol. The number of pyridine rings is 2. The van der Waals surface area contributed by atoms with E-state index in [4.69, 9.17) is 9.84 Å². The molecule has 1 N–H and O–H groups in total. The minimum Gasteiger partial charge on any atom is -0.495 e. The van der Waals surface area contributed by atoms with Gasteiger partial charge in [-0.05, 0) is 24.3 Å². The zero-order chi connectivity index (χ0) is 11.7. The van der Waals surface area contributed by atoms with Crippen LogP contribution >= 0.6 is 0 Å². The lowest BCUT2D eigenvalue weighted by atomic mass is 10.2. The Morgan fingerprint density at radius 2 is 2.12 bits per heavy atom. The van der Waals surface area contributed by atoms with E-state index in [9.17, 15) is 9.59 Å². The molecule has 0 saturated heterocycles. The number of carboxylic acid groups (broad SMARTS) is 1. The van der Waals surface area contributed by atoms with Crippen molar-refractivity contribution < 1.29 is 14.6 Å². The van der Waals surface area contributed by atoms with Crippen molar-refractivity contribution in [3.63, 3.8) is 0 Å². The van der Waals surface area contributed by atoms with Gasteiger partial charge in [-0.3, -0.25) is 9.20 Å². The first-order chi connectivity index (χ1) is 7.65. The second kappa shape index (κ2) is 3.69. The van der Waals surface area contributed by atoms with Crippen molar-refractivity contribution in [1.82, 2.24) is 4.40 Å². The summed E-state index contributed by atoms with van der Waals surface area (Å²) < 4.78 is 6.33. The van der Waals surface area contributed by atoms with Gasteiger partial charge in [0.25, 0.3) is 5.56 Å². The maximum Gasteiger partial charge on any atom is 0.341 e. The summed E-state index contributed by atoms with van der Waals surface area (Å²) in [6, 6.07) is 6.15. The van der Waals surface area contributed by atoms with Crippen molar-refractivity contribution in [1.29, 1.82) is 0 Å². The quantitative estimate of drug-likeness (QED) is 0.818. The molecule has 0 fully saturated rings. The molecule has 0 unspecified atom stereocenters. The van der Waals surface area contributed by atoms with E-state index in [2.05, 4.69) is 0 Å². The van der Waals surface area contributed by atoms with Gasteiger partial charge in [0, 0.05) is 6.20 Å². The van der Waals surface area contributed by atoms with E-state index in [1.165, 1.54) is 23.8 Å². The molecule has 2 rings (SSSR count). The number of hydrogen-bond donors (Lipinski definition) is 1. The van der Waals surface area contributed by atoms with Crippen molar-refractivity contribution in [2.75, 3.05) is 7.11 Å². The van der Waals surface area contributed by atoms with E-state index in [0.29, 0.717) is 11.3 Å². The van der Waals surface area contributed by atoms with Crippen LogP contribution in [0.25, 0.3) is 5.52 Å². The predicted octanol–water partition coefficient (Wildman–Crippen LogP) is 1.01. The number of ether oxygens (including phenoxy) is 1. The highest BCUT2D eigenvalue weighted by Crippen LogP contribution is 2.17. The summed E-state index contributed by atoms with van der Waals surface area (Å²) in [5.41, 5.74) is -0.283. The van der Waals surface area contributed by atoms with E-state index in [1.807, 2.05) is 0 Å². The third-order valence-corrected chi connectivity index (χ3v) is 2.30. The van der Waals surface area contributed by atoms with Gasteiger partial charge in [-0.25, -0.2) is 4.79 Å². The van der Waals surface area contributed by atoms with Gasteiger partial charge in [-0.15, -0.1) is 0 Å². The van der Waals surface area contributed by atoms with E-state index in [1.54, 1.807) is 18.2 Å². The van der Waals surface area contributed by atoms with Crippen LogP contribution in [0.2, 0.25) is 0 Å². The fourth-order valence-corrected chi connectivity index (χ4v) is 1.54. The van der Waals surface area contributed by atoms with Crippen LogP contribution in [-0.4, -0.2) is 22.6 Å². The maximum absolute atomic E-state index is 11.8. The highest BCUT2D eigenvalue weighted by atomic mass is 16.5. The number of rotatable bonds is 2. The molecule has 0 saturated carbocycles. The number of aromatic nitrogens is 1. The molecule has 0 bridgehead atoms. The zero-order valence-corrected chi connectivity index (χ0v) is 8.51. The molecular weight excluding hydrogens is 210 g/mol. The van der Waals surface area contributed by atoms with Gasteiger partial charge >= 0.3 is 5.97 Å². The van der Waals surface area contributed by atoms with Gasteiger partial charge in [0.1, 0.15) is 11.3 Å². The molecular formula is C11H9NO4. The second-order valence-electron chi connectivity index (χ2n) is 3.19. The zero-order valence-electron chi connectivity index (χ0n) is 8.51. The first-order valence-electron chi connectivity index (χ1n) is 4.57. The number of carboxylic acids is 1. The third kappa shape index (κ3) is 1.42. The Morgan fingerprint density at radius 3 is 2.75 bits per heavy atom. The molecule has 0 aromatic carbocycles. The van der Waals surface area contributed by atoms with Gasteiger partial charge in [-0.1, -0.05) is 0 Å². The lowest BCUT2D eigenvalue weighted by Gasteiger charge is -2.06. The van der Waals surface area contributed by atoms with Crippen LogP contribution in [0.5, 0.6) is 5.75 Å². The normalized spacial score (nSPS) is 10.3. The topological polar surface area (TPSA) is 68.0 Å². The summed E-state index contributed by atoms with van der Waals surface area (Å²) in [7, 11) is 1.49. The number of fused-ring (bicyclic) bond motifs is 1. The molecule has 0 atom stereocenters. The molecule has 2 heterocycles. The first-order valence-corrected chi connectivity index (χ1v) is 4.57. The number of carbonyl (C=O) groups is 1. The fourth-order valence-electron chi connectivity index (χ4n) is 1.54. The van der Waals surface area contributed by atoms with Crippen molar-refractivity contribution in [3.8, 4) is 5.75 Å². The molecule has 0 amide bonds. The molecule has 0 aliphatic carbocycles. The minimum absolute atomic E-state index is 0.259. The van der Waals surface area contributed by atoms with Crippen LogP contribution < -0.4 is 10.3 Å². The van der Waals surface area contributed by atoms with E-state index >= 15 is 0 Å². The summed E-state index contributed by atoms with van der Waals surface area (Å²) in [6.07, 6.45) is 1.51. The van der Waals surface area contributed by atoms with Crippen LogP contribution in [0.15, 0.2) is 35.3 Å². The van der Waals surface area contributed by atoms with Crippen LogP contribution in [0.3, 0.4) is 0 Å². The van der Waals surface area contributed by atoms with Gasteiger partial charge in [0.15, 0.2) is 0 Å². The van der Waals surface area contributed by atoms with E-state index < -0.39 is 11.5 Å². The Hall–Kier alpha value is -2.30. The van der Waals surface area contributed by atoms with Crippen LogP contribution in [0.1, 0.15) is 10.4 Å². The Morgan fingerprint density at radius 1 is 1.38 bits per heavy atom. The molecule has 0 aliphatic heterocycles. The lowest BCUT2D eigenvalue weighted by molar-refractivity contribution is 0.0695. The lowest BCUT2D eigenvalue weighted by Crippen LogP contribution is -2.21. The summed E-state index contributed by atoms with van der Waals surface area (Å²) in [5.74, 6) is -0.709. The van der Waals surface area contributed by atoms with Gasteiger partial charge < -0.3 is 9.84 Å². The van der Waals surface area contributed by atoms with Gasteiger partial charge in [0.05, 0.1) is 12.6 Å². The first kappa shape index (κ1) is 10.2. The van der Waals surface area contributed by atoms with E-state index in [-0.39, 0.29) is 5.56 Å². The Balaban J connectivity index is 2.87. The molecule has 82 valence electrons. The molecule has 0 aliphatic rings. The summed E-state index contributed by atoms with van der Waals surface area (Å²) in [5, 5.41) is 8.81. The Labute approximate surface area is 90.5 Å². The summed E-state index contributed by atoms with van der Waals surface area (Å²) >= 11 is 0. The standard InChI is InChI=1S/C11H9NO4/c1-16-9-3-2-6-12-8(9)5-4-7(10(12)13)11(14)15/h2-6H,1H3,(H,14,15). The number of nitrogens with zero attached hydrogens (tertiary/aromatic N) is 1. The molecule has 5 nitrogen and oxygen atoms in total. The van der Waals surface area contributed by atoms with Gasteiger partial charge in [0.2, 0.25) is 0 Å². The summed E-state index contributed by atoms with van der Waals surface area (Å²) in [6.45, 7) is 0. The summed E-state index contributed by atoms with van der Waals surface area (Å²) in [4.78, 5) is 22.5. The fraction of sp³-hybridized carbons (Fsp3) is 0.0909. The van der Waals surface area contributed by atoms with Gasteiger partial charge in [-0.2, -0.15) is 0 Å². The molecule has 2 aromatic rings. The molecule has 16 heavy (non-hydrogen) atoms. The smallest absolute Gasteiger partial charge is 0.341 e. The highest BCUT2D eigenvalue weighted by Gasteiger charge is 2.11. The third-order valence-electron chi connectivity index (χ3n) is 2.30. The van der Waals surface area contributed by atoms with Crippen molar-refractivity contribution in [3.05, 3.63) is 46.4 Å². The van der Waals surface area contributed by atoms with Crippen molar-refractivity contribution in [2.45, 2.75) is 0 Å². The van der Waals surface area contributed by atoms with Crippen LogP contribution in [0.4, 0.5) is 0 Å². The number of methoxy groups -OCH3 is 1. The largest absolute Gasteiger partial charge is 0.495 e. The van der Waals surface area contributed by atoms with Crippen LogP contribution in [0, 0.1) is 0 Å². The SMILES string of the molecule is COc1cccn2c(=O)c(C(=O)O)ccc12. The monoisotopic (exact) mass is 219 g/mol. The maximum atomic E-state index is 11.8. The average Bonchev–Trinajstić information content (AvgIpc) is 2.28. The minimum atomic E-state index is -1.23. The van der Waals surface area contributed by atoms with Crippen molar-refractivity contribution >= 4 is 11.5 Å². The van der Waals surface area contributed by atoms with Crippen LogP contribution in [-0.2, 0) is 0 Å². The average molecular weight is 219 g/mol. The number of aromatic carboxylic acids is 1. The molecule has 0 radical (unpaired) electrons. The van der Waals surface area contributed by atoms with E-state index in [0.717, 1.165) is 0 Å². The Bertz CT molecular complexity index is 615. The molecule has 2 aromatic heterocycles. The number of hydrogen-bond acceptors (Lipinski definition) is 3. The second-order valence-corrected chi connectivity index (χ2v) is 3.19. The molecule has 0 spiro atoms. The highest BCUT2D eigenvalue weighted by molar-refractivity contribution is 5.87. The Kier molecular flexibility index (Phi) is 2.36.